The Morgan fingerprint density at radius 2 is 2.29 bits per heavy atom. The number of hydrogen-bond donors (Lipinski definition) is 2. The standard InChI is InChI=1S/C9H7ClN2O2/c1-4-11-7-3-5(10)2-6(9(13)14)8(7)12-4/h2-3H,1H3,(H,11,12)(H,13,14). The highest BCUT2D eigenvalue weighted by atomic mass is 35.5. The van der Waals surface area contributed by atoms with Gasteiger partial charge in [-0.3, -0.25) is 0 Å². The molecule has 0 amide bonds. The van der Waals surface area contributed by atoms with E-state index in [9.17, 15) is 4.79 Å². The van der Waals surface area contributed by atoms with Gasteiger partial charge in [0.1, 0.15) is 11.3 Å². The number of aryl methyl sites for hydroxylation is 1. The maximum absolute atomic E-state index is 10.9. The number of nitrogens with zero attached hydrogens (tertiary/aromatic N) is 1. The first-order valence-corrected chi connectivity index (χ1v) is 4.35. The number of carboxylic acid groups (broad SMARTS) is 1. The number of imidazole rings is 1. The van der Waals surface area contributed by atoms with Crippen molar-refractivity contribution in [3.63, 3.8) is 0 Å². The Hall–Kier alpha value is -1.55. The molecule has 2 N–H and O–H groups in total. The monoisotopic (exact) mass is 210 g/mol. The number of halogens is 1. The van der Waals surface area contributed by atoms with Gasteiger partial charge in [0.15, 0.2) is 0 Å². The van der Waals surface area contributed by atoms with Gasteiger partial charge >= 0.3 is 5.97 Å². The van der Waals surface area contributed by atoms with Crippen molar-refractivity contribution in [3.05, 3.63) is 28.5 Å². The first-order chi connectivity index (χ1) is 6.58. The lowest BCUT2D eigenvalue weighted by molar-refractivity contribution is 0.0699. The lowest BCUT2D eigenvalue weighted by atomic mass is 10.2. The minimum atomic E-state index is -1.02. The summed E-state index contributed by atoms with van der Waals surface area (Å²) in [5, 5.41) is 9.29. The second-order valence-corrected chi connectivity index (χ2v) is 3.41. The molecule has 4 nitrogen and oxygen atoms in total. The normalized spacial score (nSPS) is 10.7. The lowest BCUT2D eigenvalue weighted by Crippen LogP contribution is -1.97. The molecule has 0 spiro atoms. The number of H-pyrrole nitrogens is 1. The maximum Gasteiger partial charge on any atom is 0.338 e. The first-order valence-electron chi connectivity index (χ1n) is 3.97. The molecule has 1 heterocycles. The van der Waals surface area contributed by atoms with Gasteiger partial charge in [-0.2, -0.15) is 0 Å². The van der Waals surface area contributed by atoms with Gasteiger partial charge in [-0.05, 0) is 19.1 Å². The number of aromatic carboxylic acids is 1. The molecule has 0 aliphatic carbocycles. The molecule has 0 aliphatic rings. The average molecular weight is 211 g/mol. The number of aromatic amines is 1. The van der Waals surface area contributed by atoms with E-state index in [1.807, 2.05) is 0 Å². The first kappa shape index (κ1) is 9.02. The molecule has 0 atom stereocenters. The van der Waals surface area contributed by atoms with Gasteiger partial charge in [-0.25, -0.2) is 9.78 Å². The van der Waals surface area contributed by atoms with E-state index in [0.29, 0.717) is 21.9 Å². The van der Waals surface area contributed by atoms with Crippen molar-refractivity contribution < 1.29 is 9.90 Å². The van der Waals surface area contributed by atoms with Crippen molar-refractivity contribution >= 4 is 28.6 Å². The molecule has 0 aliphatic heterocycles. The SMILES string of the molecule is Cc1nc2c(C(=O)O)cc(Cl)cc2[nH]1. The van der Waals surface area contributed by atoms with Crippen LogP contribution in [0.15, 0.2) is 12.1 Å². The highest BCUT2D eigenvalue weighted by Gasteiger charge is 2.12. The Labute approximate surface area is 84.5 Å². The molecule has 0 fully saturated rings. The van der Waals surface area contributed by atoms with E-state index in [4.69, 9.17) is 16.7 Å². The van der Waals surface area contributed by atoms with Gasteiger partial charge in [0, 0.05) is 5.02 Å². The highest BCUT2D eigenvalue weighted by molar-refractivity contribution is 6.31. The molecule has 2 aromatic rings. The molecule has 0 saturated heterocycles. The van der Waals surface area contributed by atoms with E-state index < -0.39 is 5.97 Å². The zero-order chi connectivity index (χ0) is 10.3. The third kappa shape index (κ3) is 1.33. The van der Waals surface area contributed by atoms with Crippen molar-refractivity contribution in [2.24, 2.45) is 0 Å². The van der Waals surface area contributed by atoms with Crippen molar-refractivity contribution in [1.29, 1.82) is 0 Å². The Morgan fingerprint density at radius 3 is 2.93 bits per heavy atom. The summed E-state index contributed by atoms with van der Waals surface area (Å²) in [6.45, 7) is 1.76. The number of carbonyl (C=O) groups is 1. The Morgan fingerprint density at radius 1 is 1.57 bits per heavy atom. The van der Waals surface area contributed by atoms with Gasteiger partial charge in [0.25, 0.3) is 0 Å². The molecular weight excluding hydrogens is 204 g/mol. The van der Waals surface area contributed by atoms with Crippen LogP contribution in [0.3, 0.4) is 0 Å². The maximum atomic E-state index is 10.9. The number of hydrogen-bond acceptors (Lipinski definition) is 2. The van der Waals surface area contributed by atoms with Crippen LogP contribution in [0.4, 0.5) is 0 Å². The molecule has 0 saturated carbocycles. The van der Waals surface area contributed by atoms with Crippen LogP contribution in [-0.2, 0) is 0 Å². The number of fused-ring (bicyclic) bond motifs is 1. The Bertz CT molecular complexity index is 519. The van der Waals surface area contributed by atoms with Crippen LogP contribution in [0.1, 0.15) is 16.2 Å². The molecule has 72 valence electrons. The zero-order valence-corrected chi connectivity index (χ0v) is 8.09. The van der Waals surface area contributed by atoms with Crippen molar-refractivity contribution in [1.82, 2.24) is 9.97 Å². The second kappa shape index (κ2) is 2.99. The minimum Gasteiger partial charge on any atom is -0.478 e. The molecule has 2 rings (SSSR count). The summed E-state index contributed by atoms with van der Waals surface area (Å²) in [7, 11) is 0. The van der Waals surface area contributed by atoms with Crippen LogP contribution in [0.25, 0.3) is 11.0 Å². The Balaban J connectivity index is 2.85. The second-order valence-electron chi connectivity index (χ2n) is 2.98. The fourth-order valence-corrected chi connectivity index (χ4v) is 1.59. The summed E-state index contributed by atoms with van der Waals surface area (Å²) >= 11 is 5.77. The van der Waals surface area contributed by atoms with Crippen molar-refractivity contribution in [2.75, 3.05) is 0 Å². The number of rotatable bonds is 1. The topological polar surface area (TPSA) is 66.0 Å². The van der Waals surface area contributed by atoms with E-state index >= 15 is 0 Å². The quantitative estimate of drug-likeness (QED) is 0.759. The summed E-state index contributed by atoms with van der Waals surface area (Å²) in [6, 6.07) is 3.05. The molecule has 1 aromatic carbocycles. The minimum absolute atomic E-state index is 0.122. The van der Waals surface area contributed by atoms with E-state index in [1.54, 1.807) is 13.0 Å². The number of benzene rings is 1. The predicted molar refractivity (Wildman–Crippen MR) is 52.8 cm³/mol. The fourth-order valence-electron chi connectivity index (χ4n) is 1.37. The summed E-state index contributed by atoms with van der Waals surface area (Å²) in [4.78, 5) is 17.9. The molecule has 1 aromatic heterocycles. The van der Waals surface area contributed by atoms with Crippen LogP contribution < -0.4 is 0 Å². The van der Waals surface area contributed by atoms with Crippen LogP contribution in [-0.4, -0.2) is 21.0 Å². The molecule has 0 unspecified atom stereocenters. The molecular formula is C9H7ClN2O2. The van der Waals surface area contributed by atoms with Crippen LogP contribution in [0.5, 0.6) is 0 Å². The van der Waals surface area contributed by atoms with Crippen LogP contribution >= 0.6 is 11.6 Å². The number of aromatic nitrogens is 2. The van der Waals surface area contributed by atoms with Gasteiger partial charge in [-0.15, -0.1) is 0 Å². The van der Waals surface area contributed by atoms with Crippen molar-refractivity contribution in [3.8, 4) is 0 Å². The molecule has 5 heteroatoms. The average Bonchev–Trinajstić information content (AvgIpc) is 2.42. The van der Waals surface area contributed by atoms with Crippen LogP contribution in [0.2, 0.25) is 5.02 Å². The summed E-state index contributed by atoms with van der Waals surface area (Å²) < 4.78 is 0. The van der Waals surface area contributed by atoms with Crippen molar-refractivity contribution in [2.45, 2.75) is 6.92 Å². The van der Waals surface area contributed by atoms with Gasteiger partial charge in [-0.1, -0.05) is 11.6 Å². The molecule has 0 bridgehead atoms. The zero-order valence-electron chi connectivity index (χ0n) is 7.34. The smallest absolute Gasteiger partial charge is 0.338 e. The summed E-state index contributed by atoms with van der Waals surface area (Å²) in [5.74, 6) is -0.353. The van der Waals surface area contributed by atoms with E-state index in [-0.39, 0.29) is 5.56 Å². The fraction of sp³-hybridized carbons (Fsp3) is 0.111. The Kier molecular flexibility index (Phi) is 1.93. The van der Waals surface area contributed by atoms with E-state index in [2.05, 4.69) is 9.97 Å². The summed E-state index contributed by atoms with van der Waals surface area (Å²) in [6.07, 6.45) is 0. The van der Waals surface area contributed by atoms with Gasteiger partial charge in [0.2, 0.25) is 0 Å². The third-order valence-corrected chi connectivity index (χ3v) is 2.12. The number of nitrogens with one attached hydrogen (secondary N) is 1. The molecule has 14 heavy (non-hydrogen) atoms. The van der Waals surface area contributed by atoms with Gasteiger partial charge in [0.05, 0.1) is 11.1 Å². The largest absolute Gasteiger partial charge is 0.478 e. The summed E-state index contributed by atoms with van der Waals surface area (Å²) in [5.41, 5.74) is 1.21. The highest BCUT2D eigenvalue weighted by Crippen LogP contribution is 2.22. The molecule has 0 radical (unpaired) electrons. The van der Waals surface area contributed by atoms with E-state index in [1.165, 1.54) is 6.07 Å². The number of carboxylic acids is 1. The van der Waals surface area contributed by atoms with Gasteiger partial charge < -0.3 is 10.1 Å². The van der Waals surface area contributed by atoms with E-state index in [0.717, 1.165) is 0 Å². The third-order valence-electron chi connectivity index (χ3n) is 1.90. The predicted octanol–water partition coefficient (Wildman–Crippen LogP) is 2.22. The lowest BCUT2D eigenvalue weighted by Gasteiger charge is -1.96. The van der Waals surface area contributed by atoms with Crippen LogP contribution in [0, 0.1) is 6.92 Å².